The van der Waals surface area contributed by atoms with Crippen molar-refractivity contribution in [2.45, 2.75) is 6.92 Å². The number of furan rings is 1. The highest BCUT2D eigenvalue weighted by molar-refractivity contribution is 9.10. The number of H-pyrrole nitrogens is 1. The molecule has 0 spiro atoms. The topological polar surface area (TPSA) is 70.9 Å². The third kappa shape index (κ3) is 3.21. The first-order valence-corrected chi connectivity index (χ1v) is 8.51. The standard InChI is InChI=1S/C19H14BrN3O2/c1-11-5-6-14-15(9-11)23-18(22-14)12-3-2-4-13(10-12)21-19(24)16-7-8-17(20)25-16/h2-10H,1H3,(H,21,24)(H,22,23). The lowest BCUT2D eigenvalue weighted by Crippen LogP contribution is -2.10. The molecular weight excluding hydrogens is 382 g/mol. The van der Waals surface area contributed by atoms with E-state index in [1.165, 1.54) is 5.56 Å². The maximum atomic E-state index is 12.2. The van der Waals surface area contributed by atoms with Crippen molar-refractivity contribution in [3.63, 3.8) is 0 Å². The summed E-state index contributed by atoms with van der Waals surface area (Å²) < 4.78 is 5.79. The molecule has 124 valence electrons. The van der Waals surface area contributed by atoms with Crippen LogP contribution < -0.4 is 5.32 Å². The average Bonchev–Trinajstić information content (AvgIpc) is 3.21. The van der Waals surface area contributed by atoms with Crippen LogP contribution in [-0.2, 0) is 0 Å². The summed E-state index contributed by atoms with van der Waals surface area (Å²) in [5.41, 5.74) is 4.65. The summed E-state index contributed by atoms with van der Waals surface area (Å²) in [7, 11) is 0. The molecule has 0 atom stereocenters. The summed E-state index contributed by atoms with van der Waals surface area (Å²) in [4.78, 5) is 20.1. The van der Waals surface area contributed by atoms with Gasteiger partial charge in [-0.1, -0.05) is 18.2 Å². The summed E-state index contributed by atoms with van der Waals surface area (Å²) in [6, 6.07) is 16.9. The number of hydrogen-bond donors (Lipinski definition) is 2. The van der Waals surface area contributed by atoms with Crippen molar-refractivity contribution in [2.75, 3.05) is 5.32 Å². The summed E-state index contributed by atoms with van der Waals surface area (Å²) in [5.74, 6) is 0.706. The van der Waals surface area contributed by atoms with Gasteiger partial charge in [-0.05, 0) is 64.8 Å². The molecule has 0 radical (unpaired) electrons. The molecule has 0 unspecified atom stereocenters. The van der Waals surface area contributed by atoms with Gasteiger partial charge in [0.05, 0.1) is 11.0 Å². The van der Waals surface area contributed by atoms with Gasteiger partial charge in [-0.15, -0.1) is 0 Å². The molecular formula is C19H14BrN3O2. The van der Waals surface area contributed by atoms with Crippen LogP contribution in [0.4, 0.5) is 5.69 Å². The third-order valence-corrected chi connectivity index (χ3v) is 4.25. The zero-order valence-corrected chi connectivity index (χ0v) is 14.9. The maximum absolute atomic E-state index is 12.2. The van der Waals surface area contributed by atoms with Crippen molar-refractivity contribution < 1.29 is 9.21 Å². The first-order valence-electron chi connectivity index (χ1n) is 7.72. The van der Waals surface area contributed by atoms with Crippen LogP contribution in [0.15, 0.2) is 63.7 Å². The second-order valence-electron chi connectivity index (χ2n) is 5.74. The van der Waals surface area contributed by atoms with Crippen molar-refractivity contribution in [1.82, 2.24) is 9.97 Å². The first-order chi connectivity index (χ1) is 12.1. The van der Waals surface area contributed by atoms with Crippen LogP contribution >= 0.6 is 15.9 Å². The zero-order chi connectivity index (χ0) is 17.4. The van der Waals surface area contributed by atoms with Gasteiger partial charge in [0, 0.05) is 11.3 Å². The van der Waals surface area contributed by atoms with Crippen LogP contribution in [0.1, 0.15) is 16.1 Å². The number of aromatic nitrogens is 2. The minimum atomic E-state index is -0.303. The molecule has 0 saturated heterocycles. The Morgan fingerprint density at radius 2 is 2.04 bits per heavy atom. The smallest absolute Gasteiger partial charge is 0.291 e. The van der Waals surface area contributed by atoms with Crippen molar-refractivity contribution >= 4 is 38.6 Å². The Morgan fingerprint density at radius 3 is 2.84 bits per heavy atom. The fourth-order valence-corrected chi connectivity index (χ4v) is 2.94. The number of fused-ring (bicyclic) bond motifs is 1. The monoisotopic (exact) mass is 395 g/mol. The Kier molecular flexibility index (Phi) is 3.89. The van der Waals surface area contributed by atoms with Crippen molar-refractivity contribution in [2.24, 2.45) is 0 Å². The number of benzene rings is 2. The summed E-state index contributed by atoms with van der Waals surface area (Å²) in [6.45, 7) is 2.04. The molecule has 1 amide bonds. The normalized spacial score (nSPS) is 11.0. The highest BCUT2D eigenvalue weighted by Crippen LogP contribution is 2.24. The molecule has 0 aliphatic heterocycles. The molecule has 0 aliphatic rings. The number of carbonyl (C=O) groups is 1. The predicted octanol–water partition coefficient (Wildman–Crippen LogP) is 5.15. The van der Waals surface area contributed by atoms with Gasteiger partial charge in [-0.2, -0.15) is 0 Å². The van der Waals surface area contributed by atoms with E-state index in [0.717, 1.165) is 22.4 Å². The molecule has 4 rings (SSSR count). The van der Waals surface area contributed by atoms with Crippen molar-refractivity contribution in [3.8, 4) is 11.4 Å². The van der Waals surface area contributed by atoms with Crippen LogP contribution in [0.25, 0.3) is 22.4 Å². The lowest BCUT2D eigenvalue weighted by molar-refractivity contribution is 0.0995. The molecule has 0 bridgehead atoms. The second-order valence-corrected chi connectivity index (χ2v) is 6.53. The van der Waals surface area contributed by atoms with Crippen molar-refractivity contribution in [3.05, 3.63) is 70.6 Å². The molecule has 5 nitrogen and oxygen atoms in total. The zero-order valence-electron chi connectivity index (χ0n) is 13.3. The molecule has 2 aromatic heterocycles. The van der Waals surface area contributed by atoms with E-state index >= 15 is 0 Å². The Bertz CT molecular complexity index is 1080. The molecule has 0 saturated carbocycles. The molecule has 4 aromatic rings. The maximum Gasteiger partial charge on any atom is 0.291 e. The lowest BCUT2D eigenvalue weighted by Gasteiger charge is -2.05. The van der Waals surface area contributed by atoms with Crippen LogP contribution in [0.3, 0.4) is 0 Å². The van der Waals surface area contributed by atoms with Crippen LogP contribution in [0, 0.1) is 6.92 Å². The van der Waals surface area contributed by atoms with Crippen LogP contribution in [-0.4, -0.2) is 15.9 Å². The van der Waals surface area contributed by atoms with Gasteiger partial charge in [0.15, 0.2) is 10.4 Å². The number of nitrogens with one attached hydrogen (secondary N) is 2. The highest BCUT2D eigenvalue weighted by atomic mass is 79.9. The van der Waals surface area contributed by atoms with E-state index in [4.69, 9.17) is 4.42 Å². The van der Waals surface area contributed by atoms with E-state index in [-0.39, 0.29) is 11.7 Å². The SMILES string of the molecule is Cc1ccc2nc(-c3cccc(NC(=O)c4ccc(Br)o4)c3)[nH]c2c1. The first kappa shape index (κ1) is 15.7. The number of amides is 1. The Labute approximate surface area is 152 Å². The van der Waals surface area contributed by atoms with Gasteiger partial charge in [0.2, 0.25) is 0 Å². The predicted molar refractivity (Wildman–Crippen MR) is 101 cm³/mol. The number of carbonyl (C=O) groups excluding carboxylic acids is 1. The van der Waals surface area contributed by atoms with E-state index in [1.54, 1.807) is 12.1 Å². The average molecular weight is 396 g/mol. The van der Waals surface area contributed by atoms with E-state index < -0.39 is 0 Å². The highest BCUT2D eigenvalue weighted by Gasteiger charge is 2.12. The summed E-state index contributed by atoms with van der Waals surface area (Å²) >= 11 is 3.19. The molecule has 2 heterocycles. The quantitative estimate of drug-likeness (QED) is 0.503. The van der Waals surface area contributed by atoms with Gasteiger partial charge in [-0.25, -0.2) is 4.98 Å². The molecule has 6 heteroatoms. The molecule has 2 N–H and O–H groups in total. The number of nitrogens with zero attached hydrogens (tertiary/aromatic N) is 1. The van der Waals surface area contributed by atoms with Gasteiger partial charge >= 0.3 is 0 Å². The Hall–Kier alpha value is -2.86. The minimum absolute atomic E-state index is 0.247. The van der Waals surface area contributed by atoms with Crippen LogP contribution in [0.5, 0.6) is 0 Å². The van der Waals surface area contributed by atoms with E-state index in [0.29, 0.717) is 10.4 Å². The largest absolute Gasteiger partial charge is 0.444 e. The second kappa shape index (κ2) is 6.22. The molecule has 25 heavy (non-hydrogen) atoms. The number of rotatable bonds is 3. The van der Waals surface area contributed by atoms with Crippen molar-refractivity contribution in [1.29, 1.82) is 0 Å². The molecule has 0 fully saturated rings. The number of aryl methyl sites for hydroxylation is 1. The van der Waals surface area contributed by atoms with Gasteiger partial charge in [0.1, 0.15) is 5.82 Å². The fraction of sp³-hybridized carbons (Fsp3) is 0.0526. The van der Waals surface area contributed by atoms with E-state index in [1.807, 2.05) is 43.3 Å². The van der Waals surface area contributed by atoms with E-state index in [9.17, 15) is 4.79 Å². The lowest BCUT2D eigenvalue weighted by atomic mass is 10.2. The Balaban J connectivity index is 1.63. The number of hydrogen-bond acceptors (Lipinski definition) is 3. The number of anilines is 1. The van der Waals surface area contributed by atoms with Gasteiger partial charge in [-0.3, -0.25) is 4.79 Å². The van der Waals surface area contributed by atoms with Gasteiger partial charge in [0.25, 0.3) is 5.91 Å². The molecule has 2 aromatic carbocycles. The number of halogens is 1. The summed E-state index contributed by atoms with van der Waals surface area (Å²) in [6.07, 6.45) is 0. The number of imidazole rings is 1. The fourth-order valence-electron chi connectivity index (χ4n) is 2.63. The number of aromatic amines is 1. The third-order valence-electron chi connectivity index (χ3n) is 3.83. The minimum Gasteiger partial charge on any atom is -0.444 e. The summed E-state index contributed by atoms with van der Waals surface area (Å²) in [5, 5.41) is 2.83. The van der Waals surface area contributed by atoms with Gasteiger partial charge < -0.3 is 14.7 Å². The van der Waals surface area contributed by atoms with Crippen LogP contribution in [0.2, 0.25) is 0 Å². The molecule has 0 aliphatic carbocycles. The van der Waals surface area contributed by atoms with E-state index in [2.05, 4.69) is 37.3 Å². The Morgan fingerprint density at radius 1 is 1.16 bits per heavy atom.